The SMILES string of the molecule is CNS(=O)(=O)c1ccc2c(c1)OCCO2. The molecule has 15 heavy (non-hydrogen) atoms. The first-order chi connectivity index (χ1) is 7.13. The van der Waals surface area contributed by atoms with Gasteiger partial charge in [0.1, 0.15) is 13.2 Å². The Morgan fingerprint density at radius 1 is 1.20 bits per heavy atom. The van der Waals surface area contributed by atoms with Crippen molar-refractivity contribution in [2.45, 2.75) is 4.90 Å². The quantitative estimate of drug-likeness (QED) is 0.795. The van der Waals surface area contributed by atoms with Gasteiger partial charge in [-0.05, 0) is 19.2 Å². The lowest BCUT2D eigenvalue weighted by Crippen LogP contribution is -2.20. The molecule has 0 saturated carbocycles. The van der Waals surface area contributed by atoms with Crippen LogP contribution in [0.15, 0.2) is 23.1 Å². The first-order valence-electron chi connectivity index (χ1n) is 4.47. The molecule has 5 nitrogen and oxygen atoms in total. The van der Waals surface area contributed by atoms with Gasteiger partial charge in [-0.3, -0.25) is 0 Å². The van der Waals surface area contributed by atoms with Crippen LogP contribution in [0, 0.1) is 0 Å². The van der Waals surface area contributed by atoms with Gasteiger partial charge in [-0.2, -0.15) is 0 Å². The second-order valence-electron chi connectivity index (χ2n) is 3.01. The van der Waals surface area contributed by atoms with Gasteiger partial charge in [0.2, 0.25) is 10.0 Å². The van der Waals surface area contributed by atoms with E-state index in [1.807, 2.05) is 0 Å². The van der Waals surface area contributed by atoms with E-state index in [4.69, 9.17) is 9.47 Å². The average molecular weight is 229 g/mol. The first kappa shape index (κ1) is 10.3. The largest absolute Gasteiger partial charge is 0.486 e. The second kappa shape index (κ2) is 3.71. The lowest BCUT2D eigenvalue weighted by Gasteiger charge is -2.18. The molecule has 0 fully saturated rings. The van der Waals surface area contributed by atoms with E-state index in [2.05, 4.69) is 4.72 Å². The third-order valence-electron chi connectivity index (χ3n) is 2.09. The number of fused-ring (bicyclic) bond motifs is 1. The first-order valence-corrected chi connectivity index (χ1v) is 5.95. The Hall–Kier alpha value is -1.27. The summed E-state index contributed by atoms with van der Waals surface area (Å²) in [7, 11) is -2.05. The fourth-order valence-electron chi connectivity index (χ4n) is 1.31. The molecular weight excluding hydrogens is 218 g/mol. The normalized spacial score (nSPS) is 15.0. The van der Waals surface area contributed by atoms with Crippen molar-refractivity contribution in [2.24, 2.45) is 0 Å². The van der Waals surface area contributed by atoms with E-state index in [1.165, 1.54) is 19.2 Å². The number of hydrogen-bond acceptors (Lipinski definition) is 4. The Labute approximate surface area is 88.1 Å². The summed E-state index contributed by atoms with van der Waals surface area (Å²) in [6, 6.07) is 4.54. The highest BCUT2D eigenvalue weighted by Gasteiger charge is 2.17. The maximum Gasteiger partial charge on any atom is 0.240 e. The Morgan fingerprint density at radius 2 is 1.87 bits per heavy atom. The summed E-state index contributed by atoms with van der Waals surface area (Å²) in [5.41, 5.74) is 0. The van der Waals surface area contributed by atoms with Gasteiger partial charge in [-0.25, -0.2) is 13.1 Å². The highest BCUT2D eigenvalue weighted by molar-refractivity contribution is 7.89. The minimum atomic E-state index is -3.42. The zero-order chi connectivity index (χ0) is 10.9. The van der Waals surface area contributed by atoms with Gasteiger partial charge < -0.3 is 9.47 Å². The van der Waals surface area contributed by atoms with Crippen molar-refractivity contribution in [1.82, 2.24) is 4.72 Å². The standard InChI is InChI=1S/C9H11NO4S/c1-10-15(11,12)7-2-3-8-9(6-7)14-5-4-13-8/h2-3,6,10H,4-5H2,1H3. The molecule has 0 spiro atoms. The molecule has 1 N–H and O–H groups in total. The summed E-state index contributed by atoms with van der Waals surface area (Å²) in [6.07, 6.45) is 0. The molecule has 1 aliphatic heterocycles. The van der Waals surface area contributed by atoms with Crippen LogP contribution in [0.25, 0.3) is 0 Å². The molecule has 0 saturated heterocycles. The summed E-state index contributed by atoms with van der Waals surface area (Å²) in [4.78, 5) is 0.175. The van der Waals surface area contributed by atoms with E-state index in [-0.39, 0.29) is 4.90 Å². The monoisotopic (exact) mass is 229 g/mol. The molecule has 1 heterocycles. The Bertz CT molecular complexity index is 469. The van der Waals surface area contributed by atoms with Crippen molar-refractivity contribution in [3.05, 3.63) is 18.2 Å². The molecule has 1 aromatic rings. The predicted octanol–water partition coefficient (Wildman–Crippen LogP) is 0.366. The summed E-state index contributed by atoms with van der Waals surface area (Å²) in [5.74, 6) is 1.05. The molecule has 0 atom stereocenters. The van der Waals surface area contributed by atoms with E-state index in [9.17, 15) is 8.42 Å². The molecule has 1 aromatic carbocycles. The molecule has 0 amide bonds. The van der Waals surface area contributed by atoms with Gasteiger partial charge in [0.15, 0.2) is 11.5 Å². The van der Waals surface area contributed by atoms with E-state index in [0.717, 1.165) is 0 Å². The number of nitrogens with one attached hydrogen (secondary N) is 1. The van der Waals surface area contributed by atoms with Crippen LogP contribution < -0.4 is 14.2 Å². The zero-order valence-corrected chi connectivity index (χ0v) is 9.00. The molecule has 2 rings (SSSR count). The number of ether oxygens (including phenoxy) is 2. The lowest BCUT2D eigenvalue weighted by atomic mass is 10.3. The van der Waals surface area contributed by atoms with Crippen LogP contribution in [-0.2, 0) is 10.0 Å². The van der Waals surface area contributed by atoms with Crippen LogP contribution in [0.5, 0.6) is 11.5 Å². The molecule has 0 bridgehead atoms. The number of sulfonamides is 1. The third-order valence-corrected chi connectivity index (χ3v) is 3.50. The third kappa shape index (κ3) is 1.91. The van der Waals surface area contributed by atoms with E-state index in [0.29, 0.717) is 24.7 Å². The molecule has 1 aliphatic rings. The number of rotatable bonds is 2. The van der Waals surface area contributed by atoms with Crippen molar-refractivity contribution < 1.29 is 17.9 Å². The molecule has 0 radical (unpaired) electrons. The van der Waals surface area contributed by atoms with Crippen molar-refractivity contribution in [3.8, 4) is 11.5 Å². The van der Waals surface area contributed by atoms with Gasteiger partial charge in [0.25, 0.3) is 0 Å². The van der Waals surface area contributed by atoms with Crippen LogP contribution in [0.3, 0.4) is 0 Å². The molecule has 82 valence electrons. The van der Waals surface area contributed by atoms with Crippen molar-refractivity contribution in [3.63, 3.8) is 0 Å². The molecule has 0 aliphatic carbocycles. The second-order valence-corrected chi connectivity index (χ2v) is 4.90. The fraction of sp³-hybridized carbons (Fsp3) is 0.333. The van der Waals surface area contributed by atoms with E-state index >= 15 is 0 Å². The highest BCUT2D eigenvalue weighted by Crippen LogP contribution is 2.31. The molecule has 6 heteroatoms. The smallest absolute Gasteiger partial charge is 0.240 e. The van der Waals surface area contributed by atoms with E-state index in [1.54, 1.807) is 6.07 Å². The summed E-state index contributed by atoms with van der Waals surface area (Å²) < 4.78 is 35.8. The van der Waals surface area contributed by atoms with Gasteiger partial charge in [-0.1, -0.05) is 0 Å². The summed E-state index contributed by atoms with van der Waals surface area (Å²) in [6.45, 7) is 0.932. The minimum Gasteiger partial charge on any atom is -0.486 e. The predicted molar refractivity (Wildman–Crippen MR) is 53.7 cm³/mol. The minimum absolute atomic E-state index is 0.175. The Balaban J connectivity index is 2.45. The molecule has 0 unspecified atom stereocenters. The maximum atomic E-state index is 11.5. The van der Waals surface area contributed by atoms with Crippen molar-refractivity contribution >= 4 is 10.0 Å². The van der Waals surface area contributed by atoms with Crippen LogP contribution >= 0.6 is 0 Å². The van der Waals surface area contributed by atoms with Gasteiger partial charge >= 0.3 is 0 Å². The lowest BCUT2D eigenvalue weighted by molar-refractivity contribution is 0.171. The fourth-order valence-corrected chi connectivity index (χ4v) is 2.05. The summed E-state index contributed by atoms with van der Waals surface area (Å²) in [5, 5.41) is 0. The van der Waals surface area contributed by atoms with Crippen molar-refractivity contribution in [2.75, 3.05) is 20.3 Å². The maximum absolute atomic E-state index is 11.5. The van der Waals surface area contributed by atoms with Crippen LogP contribution in [0.1, 0.15) is 0 Å². The molecular formula is C9H11NO4S. The van der Waals surface area contributed by atoms with Crippen molar-refractivity contribution in [1.29, 1.82) is 0 Å². The van der Waals surface area contributed by atoms with Gasteiger partial charge in [-0.15, -0.1) is 0 Å². The van der Waals surface area contributed by atoms with E-state index < -0.39 is 10.0 Å². The Kier molecular flexibility index (Phi) is 2.54. The topological polar surface area (TPSA) is 64.6 Å². The molecule has 0 aromatic heterocycles. The summed E-state index contributed by atoms with van der Waals surface area (Å²) >= 11 is 0. The number of hydrogen-bond donors (Lipinski definition) is 1. The number of benzene rings is 1. The Morgan fingerprint density at radius 3 is 2.53 bits per heavy atom. The highest BCUT2D eigenvalue weighted by atomic mass is 32.2. The van der Waals surface area contributed by atoms with Crippen LogP contribution in [0.2, 0.25) is 0 Å². The average Bonchev–Trinajstić information content (AvgIpc) is 2.28. The van der Waals surface area contributed by atoms with Crippen LogP contribution in [-0.4, -0.2) is 28.7 Å². The van der Waals surface area contributed by atoms with Gasteiger partial charge in [0.05, 0.1) is 4.90 Å². The zero-order valence-electron chi connectivity index (χ0n) is 8.19. The van der Waals surface area contributed by atoms with Gasteiger partial charge in [0, 0.05) is 6.07 Å². The van der Waals surface area contributed by atoms with Crippen LogP contribution in [0.4, 0.5) is 0 Å².